The smallest absolute Gasteiger partial charge is 0.339 e. The average molecular weight is 254 g/mol. The molecule has 0 heterocycles. The van der Waals surface area contributed by atoms with Gasteiger partial charge in [-0.05, 0) is 43.9 Å². The predicted octanol–water partition coefficient (Wildman–Crippen LogP) is 3.41. The highest BCUT2D eigenvalue weighted by atomic mass is 35.5. The van der Waals surface area contributed by atoms with Crippen molar-refractivity contribution in [3.05, 3.63) is 28.8 Å². The van der Waals surface area contributed by atoms with Crippen molar-refractivity contribution in [1.82, 2.24) is 0 Å². The summed E-state index contributed by atoms with van der Waals surface area (Å²) in [6.45, 7) is 0. The Morgan fingerprint density at radius 1 is 1.29 bits per heavy atom. The fourth-order valence-corrected chi connectivity index (χ4v) is 2.36. The molecule has 0 radical (unpaired) electrons. The van der Waals surface area contributed by atoms with Gasteiger partial charge in [0.1, 0.15) is 6.10 Å². The molecular weight excluding hydrogens is 238 g/mol. The van der Waals surface area contributed by atoms with E-state index in [9.17, 15) is 4.79 Å². The molecule has 0 aliphatic heterocycles. The van der Waals surface area contributed by atoms with Crippen LogP contribution in [0.5, 0.6) is 0 Å². The molecule has 1 aromatic rings. The summed E-state index contributed by atoms with van der Waals surface area (Å²) in [5.41, 5.74) is 6.52. The van der Waals surface area contributed by atoms with Gasteiger partial charge in [0.15, 0.2) is 0 Å². The van der Waals surface area contributed by atoms with Crippen molar-refractivity contribution < 1.29 is 9.53 Å². The number of nitrogen functional groups attached to an aromatic ring is 1. The number of halogens is 1. The zero-order valence-electron chi connectivity index (χ0n) is 9.62. The highest BCUT2D eigenvalue weighted by Gasteiger charge is 2.20. The van der Waals surface area contributed by atoms with Gasteiger partial charge in [0.05, 0.1) is 10.6 Å². The van der Waals surface area contributed by atoms with Crippen LogP contribution in [0.1, 0.15) is 42.5 Å². The summed E-state index contributed by atoms with van der Waals surface area (Å²) in [5.74, 6) is -0.345. The second kappa shape index (κ2) is 5.41. The van der Waals surface area contributed by atoms with Crippen molar-refractivity contribution in [3.8, 4) is 0 Å². The van der Waals surface area contributed by atoms with E-state index in [1.807, 2.05) is 0 Å². The molecule has 92 valence electrons. The fraction of sp³-hybridized carbons (Fsp3) is 0.462. The molecule has 0 atom stereocenters. The Bertz CT molecular complexity index is 414. The summed E-state index contributed by atoms with van der Waals surface area (Å²) < 4.78 is 5.43. The maximum atomic E-state index is 11.9. The van der Waals surface area contributed by atoms with E-state index in [4.69, 9.17) is 22.1 Å². The van der Waals surface area contributed by atoms with Crippen LogP contribution in [0, 0.1) is 0 Å². The van der Waals surface area contributed by atoms with Crippen LogP contribution in [0.25, 0.3) is 0 Å². The van der Waals surface area contributed by atoms with Crippen molar-refractivity contribution in [2.45, 2.75) is 38.2 Å². The van der Waals surface area contributed by atoms with E-state index < -0.39 is 0 Å². The van der Waals surface area contributed by atoms with Crippen LogP contribution in [0.2, 0.25) is 5.02 Å². The van der Waals surface area contributed by atoms with Gasteiger partial charge in [0.2, 0.25) is 0 Å². The second-order valence-electron chi connectivity index (χ2n) is 4.40. The molecule has 2 N–H and O–H groups in total. The number of ether oxygens (including phenoxy) is 1. The third-order valence-corrected chi connectivity index (χ3v) is 3.35. The number of benzene rings is 1. The normalized spacial score (nSPS) is 16.8. The Balaban J connectivity index is 2.03. The second-order valence-corrected chi connectivity index (χ2v) is 4.81. The van der Waals surface area contributed by atoms with Gasteiger partial charge in [-0.3, -0.25) is 0 Å². The quantitative estimate of drug-likeness (QED) is 0.649. The van der Waals surface area contributed by atoms with Gasteiger partial charge in [-0.2, -0.15) is 0 Å². The van der Waals surface area contributed by atoms with Gasteiger partial charge in [-0.1, -0.05) is 18.0 Å². The maximum Gasteiger partial charge on any atom is 0.339 e. The van der Waals surface area contributed by atoms with Crippen LogP contribution in [-0.2, 0) is 4.74 Å². The first-order chi connectivity index (χ1) is 8.16. The summed E-state index contributed by atoms with van der Waals surface area (Å²) in [6, 6.07) is 4.84. The first kappa shape index (κ1) is 12.2. The number of hydrogen-bond donors (Lipinski definition) is 1. The maximum absolute atomic E-state index is 11.9. The van der Waals surface area contributed by atoms with Crippen LogP contribution in [0.15, 0.2) is 18.2 Å². The Morgan fingerprint density at radius 3 is 2.65 bits per heavy atom. The van der Waals surface area contributed by atoms with E-state index in [1.165, 1.54) is 6.42 Å². The third kappa shape index (κ3) is 3.13. The van der Waals surface area contributed by atoms with Gasteiger partial charge >= 0.3 is 5.97 Å². The molecule has 1 aromatic carbocycles. The van der Waals surface area contributed by atoms with Gasteiger partial charge in [-0.25, -0.2) is 4.79 Å². The lowest BCUT2D eigenvalue weighted by Gasteiger charge is -2.22. The SMILES string of the molecule is Nc1ccc(C(=O)OC2CCCCC2)c(Cl)c1. The fourth-order valence-electron chi connectivity index (χ4n) is 2.09. The van der Waals surface area contributed by atoms with Gasteiger partial charge in [-0.15, -0.1) is 0 Å². The van der Waals surface area contributed by atoms with Crippen molar-refractivity contribution in [1.29, 1.82) is 0 Å². The third-order valence-electron chi connectivity index (χ3n) is 3.04. The van der Waals surface area contributed by atoms with Crippen molar-refractivity contribution >= 4 is 23.3 Å². The Hall–Kier alpha value is -1.22. The minimum absolute atomic E-state index is 0.0462. The molecule has 1 aliphatic rings. The molecule has 0 amide bonds. The molecule has 1 fully saturated rings. The minimum atomic E-state index is -0.345. The molecule has 0 unspecified atom stereocenters. The number of carbonyl (C=O) groups is 1. The molecule has 2 rings (SSSR count). The van der Waals surface area contributed by atoms with Gasteiger partial charge in [0.25, 0.3) is 0 Å². The molecule has 17 heavy (non-hydrogen) atoms. The summed E-state index contributed by atoms with van der Waals surface area (Å²) in [6.07, 6.45) is 5.46. The Kier molecular flexibility index (Phi) is 3.89. The lowest BCUT2D eigenvalue weighted by molar-refractivity contribution is 0.0211. The van der Waals surface area contributed by atoms with Crippen LogP contribution in [-0.4, -0.2) is 12.1 Å². The van der Waals surface area contributed by atoms with Crippen molar-refractivity contribution in [2.24, 2.45) is 0 Å². The monoisotopic (exact) mass is 253 g/mol. The molecule has 0 bridgehead atoms. The standard InChI is InChI=1S/C13H16ClNO2/c14-12-8-9(15)6-7-11(12)13(16)17-10-4-2-1-3-5-10/h6-8,10H,1-5,15H2. The molecule has 3 nitrogen and oxygen atoms in total. The molecule has 0 saturated heterocycles. The van der Waals surface area contributed by atoms with E-state index >= 15 is 0 Å². The lowest BCUT2D eigenvalue weighted by Crippen LogP contribution is -2.21. The highest BCUT2D eigenvalue weighted by Crippen LogP contribution is 2.24. The van der Waals surface area contributed by atoms with E-state index in [1.54, 1.807) is 18.2 Å². The molecule has 1 saturated carbocycles. The Labute approximate surface area is 106 Å². The van der Waals surface area contributed by atoms with E-state index in [2.05, 4.69) is 0 Å². The lowest BCUT2D eigenvalue weighted by atomic mass is 9.98. The summed E-state index contributed by atoms with van der Waals surface area (Å²) in [5, 5.41) is 0.353. The number of hydrogen-bond acceptors (Lipinski definition) is 3. The average Bonchev–Trinajstić information content (AvgIpc) is 2.30. The molecular formula is C13H16ClNO2. The zero-order valence-corrected chi connectivity index (χ0v) is 10.4. The topological polar surface area (TPSA) is 52.3 Å². The molecule has 0 spiro atoms. The van der Waals surface area contributed by atoms with Crippen LogP contribution >= 0.6 is 11.6 Å². The van der Waals surface area contributed by atoms with Crippen LogP contribution in [0.3, 0.4) is 0 Å². The van der Waals surface area contributed by atoms with Crippen molar-refractivity contribution in [2.75, 3.05) is 5.73 Å². The van der Waals surface area contributed by atoms with E-state index in [0.717, 1.165) is 25.7 Å². The number of anilines is 1. The molecule has 1 aliphatic carbocycles. The first-order valence-electron chi connectivity index (χ1n) is 5.93. The Morgan fingerprint density at radius 2 is 2.00 bits per heavy atom. The van der Waals surface area contributed by atoms with Crippen LogP contribution < -0.4 is 5.73 Å². The number of carbonyl (C=O) groups excluding carboxylic acids is 1. The van der Waals surface area contributed by atoms with Gasteiger partial charge in [0, 0.05) is 5.69 Å². The van der Waals surface area contributed by atoms with Gasteiger partial charge < -0.3 is 10.5 Å². The minimum Gasteiger partial charge on any atom is -0.459 e. The highest BCUT2D eigenvalue weighted by molar-refractivity contribution is 6.33. The summed E-state index contributed by atoms with van der Waals surface area (Å²) >= 11 is 5.96. The van der Waals surface area contributed by atoms with E-state index in [-0.39, 0.29) is 12.1 Å². The zero-order chi connectivity index (χ0) is 12.3. The molecule has 0 aromatic heterocycles. The van der Waals surface area contributed by atoms with E-state index in [0.29, 0.717) is 16.3 Å². The van der Waals surface area contributed by atoms with Crippen molar-refractivity contribution in [3.63, 3.8) is 0 Å². The number of esters is 1. The number of rotatable bonds is 2. The first-order valence-corrected chi connectivity index (χ1v) is 6.30. The number of nitrogens with two attached hydrogens (primary N) is 1. The van der Waals surface area contributed by atoms with Crippen LogP contribution in [0.4, 0.5) is 5.69 Å². The molecule has 4 heteroatoms. The summed E-state index contributed by atoms with van der Waals surface area (Å²) in [4.78, 5) is 11.9. The predicted molar refractivity (Wildman–Crippen MR) is 68.2 cm³/mol. The largest absolute Gasteiger partial charge is 0.459 e. The summed E-state index contributed by atoms with van der Waals surface area (Å²) in [7, 11) is 0.